The van der Waals surface area contributed by atoms with Gasteiger partial charge in [0.25, 0.3) is 0 Å². The van der Waals surface area contributed by atoms with Crippen molar-refractivity contribution in [3.63, 3.8) is 0 Å². The number of sulfonamides is 1. The highest BCUT2D eigenvalue weighted by Gasteiger charge is 2.55. The molecule has 3 heterocycles. The molecule has 0 saturated carbocycles. The molecule has 3 rings (SSSR count). The summed E-state index contributed by atoms with van der Waals surface area (Å²) in [6.45, 7) is 5.76. The van der Waals surface area contributed by atoms with Crippen molar-refractivity contribution in [3.8, 4) is 0 Å². The van der Waals surface area contributed by atoms with Gasteiger partial charge in [-0.15, -0.1) is 0 Å². The van der Waals surface area contributed by atoms with E-state index in [-0.39, 0.29) is 29.7 Å². The third kappa shape index (κ3) is 3.91. The van der Waals surface area contributed by atoms with E-state index in [2.05, 4.69) is 4.90 Å². The minimum atomic E-state index is -3.60. The van der Waals surface area contributed by atoms with E-state index in [9.17, 15) is 18.0 Å². The van der Waals surface area contributed by atoms with Gasteiger partial charge in [0.2, 0.25) is 21.8 Å². The van der Waals surface area contributed by atoms with Crippen LogP contribution < -0.4 is 0 Å². The van der Waals surface area contributed by atoms with E-state index in [1.807, 2.05) is 6.92 Å². The summed E-state index contributed by atoms with van der Waals surface area (Å²) in [6, 6.07) is -0.381. The highest BCUT2D eigenvalue weighted by molar-refractivity contribution is 7.88. The molecule has 0 spiro atoms. The Hall–Kier alpha value is -1.15. The number of rotatable bonds is 6. The van der Waals surface area contributed by atoms with Gasteiger partial charge >= 0.3 is 0 Å². The van der Waals surface area contributed by atoms with Crippen molar-refractivity contribution in [1.29, 1.82) is 0 Å². The molecule has 0 bridgehead atoms. The fourth-order valence-electron chi connectivity index (χ4n) is 4.82. The third-order valence-corrected chi connectivity index (χ3v) is 7.25. The second kappa shape index (κ2) is 7.84. The molecule has 26 heavy (non-hydrogen) atoms. The molecule has 3 saturated heterocycles. The smallest absolute Gasteiger partial charge is 0.239 e. The van der Waals surface area contributed by atoms with Crippen molar-refractivity contribution in [2.75, 3.05) is 39.0 Å². The lowest BCUT2D eigenvalue weighted by atomic mass is 9.89. The Bertz CT molecular complexity index is 645. The summed E-state index contributed by atoms with van der Waals surface area (Å²) >= 11 is 0. The van der Waals surface area contributed by atoms with E-state index in [0.29, 0.717) is 25.9 Å². The number of hydrogen-bond acceptors (Lipinski definition) is 5. The molecule has 0 aromatic heterocycles. The maximum Gasteiger partial charge on any atom is 0.239 e. The summed E-state index contributed by atoms with van der Waals surface area (Å²) in [6.07, 6.45) is 6.76. The number of piperidine rings is 1. The molecule has 3 fully saturated rings. The van der Waals surface area contributed by atoms with Crippen molar-refractivity contribution in [1.82, 2.24) is 14.1 Å². The zero-order valence-corrected chi connectivity index (χ0v) is 16.7. The monoisotopic (exact) mass is 385 g/mol. The quantitative estimate of drug-likeness (QED) is 0.679. The molecular weight excluding hydrogens is 354 g/mol. The Kier molecular flexibility index (Phi) is 5.91. The van der Waals surface area contributed by atoms with Gasteiger partial charge in [0.15, 0.2) is 0 Å². The second-order valence-electron chi connectivity index (χ2n) is 7.97. The maximum absolute atomic E-state index is 12.7. The van der Waals surface area contributed by atoms with Gasteiger partial charge in [-0.05, 0) is 32.4 Å². The van der Waals surface area contributed by atoms with Crippen LogP contribution in [0.15, 0.2) is 0 Å². The molecular formula is C18H31N3O4S. The summed E-state index contributed by atoms with van der Waals surface area (Å²) in [5.41, 5.74) is 0. The van der Waals surface area contributed by atoms with Crippen LogP contribution in [0.3, 0.4) is 0 Å². The number of carbonyl (C=O) groups is 2. The molecule has 148 valence electrons. The summed E-state index contributed by atoms with van der Waals surface area (Å²) < 4.78 is 25.3. The molecule has 0 unspecified atom stereocenters. The highest BCUT2D eigenvalue weighted by Crippen LogP contribution is 2.40. The minimum absolute atomic E-state index is 0.0592. The maximum atomic E-state index is 12.7. The average Bonchev–Trinajstić information content (AvgIpc) is 3.11. The fourth-order valence-corrected chi connectivity index (χ4v) is 6.00. The van der Waals surface area contributed by atoms with Crippen LogP contribution >= 0.6 is 0 Å². The molecule has 3 aliphatic heterocycles. The van der Waals surface area contributed by atoms with Crippen LogP contribution in [0.2, 0.25) is 0 Å². The molecule has 8 heteroatoms. The van der Waals surface area contributed by atoms with Crippen LogP contribution in [0.4, 0.5) is 0 Å². The number of likely N-dealkylation sites (tertiary alicyclic amines) is 2. The van der Waals surface area contributed by atoms with Crippen molar-refractivity contribution >= 4 is 21.8 Å². The topological polar surface area (TPSA) is 78.0 Å². The predicted molar refractivity (Wildman–Crippen MR) is 98.9 cm³/mol. The van der Waals surface area contributed by atoms with Gasteiger partial charge in [-0.2, -0.15) is 0 Å². The summed E-state index contributed by atoms with van der Waals surface area (Å²) in [7, 11) is -3.60. The second-order valence-corrected chi connectivity index (χ2v) is 9.83. The summed E-state index contributed by atoms with van der Waals surface area (Å²) in [5, 5.41) is 0. The Labute approximate surface area is 156 Å². The molecule has 0 radical (unpaired) electrons. The van der Waals surface area contributed by atoms with Crippen molar-refractivity contribution < 1.29 is 18.0 Å². The Morgan fingerprint density at radius 3 is 2.46 bits per heavy atom. The van der Waals surface area contributed by atoms with Crippen LogP contribution in [-0.4, -0.2) is 79.4 Å². The molecule has 2 amide bonds. The SMILES string of the molecule is CCC[C@H]1C(=O)N(S(C)(=O)=O)[C@H]2CN(C(=O)CCN3CCCCC3)C[C@H]12. The van der Waals surface area contributed by atoms with Crippen LogP contribution in [0.1, 0.15) is 45.4 Å². The Morgan fingerprint density at radius 1 is 1.15 bits per heavy atom. The molecule has 3 atom stereocenters. The number of amides is 2. The molecule has 0 aliphatic carbocycles. The van der Waals surface area contributed by atoms with Crippen LogP contribution in [0, 0.1) is 11.8 Å². The first-order valence-electron chi connectivity index (χ1n) is 9.86. The van der Waals surface area contributed by atoms with Crippen LogP contribution in [0.25, 0.3) is 0 Å². The van der Waals surface area contributed by atoms with E-state index >= 15 is 0 Å². The van der Waals surface area contributed by atoms with Crippen molar-refractivity contribution in [2.24, 2.45) is 11.8 Å². The molecule has 7 nitrogen and oxygen atoms in total. The van der Waals surface area contributed by atoms with Crippen LogP contribution in [0.5, 0.6) is 0 Å². The van der Waals surface area contributed by atoms with E-state index in [4.69, 9.17) is 0 Å². The first kappa shape index (κ1) is 19.6. The first-order chi connectivity index (χ1) is 12.3. The number of nitrogens with zero attached hydrogens (tertiary/aromatic N) is 3. The lowest BCUT2D eigenvalue weighted by Gasteiger charge is -2.27. The number of fused-ring (bicyclic) bond motifs is 1. The van der Waals surface area contributed by atoms with Gasteiger partial charge in [-0.3, -0.25) is 9.59 Å². The van der Waals surface area contributed by atoms with Gasteiger partial charge in [-0.1, -0.05) is 19.8 Å². The standard InChI is InChI=1S/C18H31N3O4S/c1-3-7-14-15-12-20(13-16(15)21(18(14)23)26(2,24)25)17(22)8-11-19-9-5-4-6-10-19/h14-16H,3-13H2,1-2H3/t14-,15-,16+/m1/s1. The number of hydrogen-bond donors (Lipinski definition) is 0. The van der Waals surface area contributed by atoms with Gasteiger partial charge in [-0.25, -0.2) is 12.7 Å². The van der Waals surface area contributed by atoms with E-state index < -0.39 is 10.0 Å². The molecule has 0 aromatic rings. The Balaban J connectivity index is 1.64. The largest absolute Gasteiger partial charge is 0.340 e. The third-order valence-electron chi connectivity index (χ3n) is 6.09. The molecule has 0 aromatic carbocycles. The van der Waals surface area contributed by atoms with Gasteiger partial charge in [0, 0.05) is 37.9 Å². The van der Waals surface area contributed by atoms with Crippen LogP contribution in [-0.2, 0) is 19.6 Å². The predicted octanol–water partition coefficient (Wildman–Crippen LogP) is 0.908. The van der Waals surface area contributed by atoms with Gasteiger partial charge in [0.05, 0.1) is 12.3 Å². The van der Waals surface area contributed by atoms with Gasteiger partial charge < -0.3 is 9.80 Å². The Morgan fingerprint density at radius 2 is 1.85 bits per heavy atom. The normalized spacial score (nSPS) is 30.1. The lowest BCUT2D eigenvalue weighted by molar-refractivity contribution is -0.133. The summed E-state index contributed by atoms with van der Waals surface area (Å²) in [4.78, 5) is 29.4. The van der Waals surface area contributed by atoms with E-state index in [1.165, 1.54) is 19.3 Å². The van der Waals surface area contributed by atoms with E-state index in [0.717, 1.165) is 36.6 Å². The van der Waals surface area contributed by atoms with E-state index in [1.54, 1.807) is 4.90 Å². The highest BCUT2D eigenvalue weighted by atomic mass is 32.2. The minimum Gasteiger partial charge on any atom is -0.340 e. The zero-order chi connectivity index (χ0) is 18.9. The van der Waals surface area contributed by atoms with Crippen molar-refractivity contribution in [2.45, 2.75) is 51.5 Å². The fraction of sp³-hybridized carbons (Fsp3) is 0.889. The molecule has 0 N–H and O–H groups in total. The molecule has 3 aliphatic rings. The zero-order valence-electron chi connectivity index (χ0n) is 15.9. The van der Waals surface area contributed by atoms with Gasteiger partial charge in [0.1, 0.15) is 0 Å². The average molecular weight is 386 g/mol. The number of carbonyl (C=O) groups excluding carboxylic acids is 2. The first-order valence-corrected chi connectivity index (χ1v) is 11.7. The van der Waals surface area contributed by atoms with Crippen molar-refractivity contribution in [3.05, 3.63) is 0 Å². The lowest BCUT2D eigenvalue weighted by Crippen LogP contribution is -2.43. The summed E-state index contributed by atoms with van der Waals surface area (Å²) in [5.74, 6) is -0.526.